The van der Waals surface area contributed by atoms with Gasteiger partial charge in [0.05, 0.1) is 22.3 Å². The zero-order valence-corrected chi connectivity index (χ0v) is 17.4. The van der Waals surface area contributed by atoms with Crippen molar-refractivity contribution in [3.8, 4) is 0 Å². The molecule has 0 aromatic carbocycles. The van der Waals surface area contributed by atoms with Crippen LogP contribution in [0.15, 0.2) is 0 Å². The summed E-state index contributed by atoms with van der Waals surface area (Å²) in [5.41, 5.74) is 0. The number of hydrogen-bond acceptors (Lipinski definition) is 2. The fourth-order valence-corrected chi connectivity index (χ4v) is 3.37. The summed E-state index contributed by atoms with van der Waals surface area (Å²) in [6, 6.07) is 0.180. The molecule has 0 rings (SSSR count). The topological polar surface area (TPSA) is 38.3 Å². The molecule has 0 aliphatic heterocycles. The van der Waals surface area contributed by atoms with E-state index < -0.39 is 19.3 Å². The third-order valence-electron chi connectivity index (χ3n) is 4.19. The Labute approximate surface area is 136 Å². The minimum Gasteiger partial charge on any atom is -0.415 e. The Hall–Kier alpha value is 0.287. The molecule has 0 bridgehead atoms. The number of unbranched alkanes of at least 4 members (excludes halogenated alkanes) is 1. The van der Waals surface area contributed by atoms with E-state index in [0.29, 0.717) is 6.61 Å². The molecule has 1 unspecified atom stereocenters. The molecule has 1 N–H and O–H groups in total. The zero-order chi connectivity index (χ0) is 16.9. The van der Waals surface area contributed by atoms with Gasteiger partial charge in [-0.2, -0.15) is 0 Å². The maximum Gasteiger partial charge on any atom is 0.192 e. The predicted molar refractivity (Wildman–Crippen MR) is 97.5 cm³/mol. The van der Waals surface area contributed by atoms with Crippen LogP contribution in [-0.4, -0.2) is 29.9 Å². The molecule has 0 radical (unpaired) electrons. The number of rotatable bonds is 8. The van der Waals surface area contributed by atoms with Crippen molar-refractivity contribution in [2.45, 2.75) is 96.6 Å². The molecule has 0 heterocycles. The summed E-state index contributed by atoms with van der Waals surface area (Å²) < 4.78 is 21.7. The summed E-state index contributed by atoms with van der Waals surface area (Å²) >= 11 is 0. The molecule has 0 saturated carbocycles. The van der Waals surface area contributed by atoms with E-state index in [1.807, 2.05) is 20.8 Å². The van der Waals surface area contributed by atoms with Crippen LogP contribution in [0, 0.1) is 0 Å². The minimum absolute atomic E-state index is 0.180. The van der Waals surface area contributed by atoms with Gasteiger partial charge in [0.2, 0.25) is 0 Å². The van der Waals surface area contributed by atoms with Crippen LogP contribution in [0.25, 0.3) is 0 Å². The van der Waals surface area contributed by atoms with Crippen LogP contribution in [0.1, 0.15) is 67.7 Å². The molecule has 0 aromatic heterocycles. The average molecular weight is 336 g/mol. The van der Waals surface area contributed by atoms with Crippen LogP contribution in [-0.2, 0) is 15.4 Å². The van der Waals surface area contributed by atoms with Gasteiger partial charge in [0.25, 0.3) is 0 Å². The van der Waals surface area contributed by atoms with Crippen molar-refractivity contribution in [3.63, 3.8) is 0 Å². The first-order chi connectivity index (χ1) is 9.31. The SMILES string of the molecule is CCCC[C@H](CO[Si](C)(C)C(C)(C)C)NS(=O)C(C)(C)C. The number of hydrogen-bond donors (Lipinski definition) is 1. The van der Waals surface area contributed by atoms with Gasteiger partial charge < -0.3 is 4.43 Å². The summed E-state index contributed by atoms with van der Waals surface area (Å²) in [4.78, 5) is 0. The lowest BCUT2D eigenvalue weighted by molar-refractivity contribution is 0.248. The quantitative estimate of drug-likeness (QED) is 0.657. The van der Waals surface area contributed by atoms with Gasteiger partial charge in [0.1, 0.15) is 0 Å². The van der Waals surface area contributed by atoms with Crippen molar-refractivity contribution in [1.82, 2.24) is 4.72 Å². The molecule has 0 fully saturated rings. The van der Waals surface area contributed by atoms with Crippen LogP contribution in [0.5, 0.6) is 0 Å². The van der Waals surface area contributed by atoms with E-state index in [0.717, 1.165) is 19.3 Å². The maximum absolute atomic E-state index is 12.3. The van der Waals surface area contributed by atoms with Gasteiger partial charge in [-0.3, -0.25) is 0 Å². The third kappa shape index (κ3) is 7.91. The third-order valence-corrected chi connectivity index (χ3v) is 10.3. The lowest BCUT2D eigenvalue weighted by Gasteiger charge is -2.37. The van der Waals surface area contributed by atoms with Gasteiger partial charge >= 0.3 is 0 Å². The van der Waals surface area contributed by atoms with Crippen molar-refractivity contribution in [1.29, 1.82) is 0 Å². The van der Waals surface area contributed by atoms with Crippen LogP contribution < -0.4 is 4.72 Å². The minimum atomic E-state index is -1.74. The van der Waals surface area contributed by atoms with E-state index in [2.05, 4.69) is 45.5 Å². The van der Waals surface area contributed by atoms with Gasteiger partial charge in [-0.05, 0) is 45.3 Å². The fourth-order valence-electron chi connectivity index (χ4n) is 1.48. The maximum atomic E-state index is 12.3. The van der Waals surface area contributed by atoms with Gasteiger partial charge in [0.15, 0.2) is 8.32 Å². The van der Waals surface area contributed by atoms with E-state index in [1.165, 1.54) is 0 Å². The van der Waals surface area contributed by atoms with E-state index in [1.54, 1.807) is 0 Å². The summed E-state index contributed by atoms with van der Waals surface area (Å²) in [6.45, 7) is 20.1. The van der Waals surface area contributed by atoms with Crippen molar-refractivity contribution >= 4 is 19.3 Å². The van der Waals surface area contributed by atoms with Crippen LogP contribution in [0.2, 0.25) is 18.1 Å². The normalized spacial score (nSPS) is 16.8. The summed E-state index contributed by atoms with van der Waals surface area (Å²) in [6.07, 6.45) is 3.31. The molecule has 21 heavy (non-hydrogen) atoms. The molecule has 0 spiro atoms. The summed E-state index contributed by atoms with van der Waals surface area (Å²) in [5, 5.41) is 0.214. The standard InChI is InChI=1S/C16H37NO2SSi/c1-10-11-12-14(17-20(18)15(2,3)4)13-19-21(8,9)16(5,6)7/h14,17H,10-13H2,1-9H3/t14-,20?/m1/s1. The van der Waals surface area contributed by atoms with Gasteiger partial charge in [0, 0.05) is 6.04 Å². The molecular weight excluding hydrogens is 298 g/mol. The molecule has 5 heteroatoms. The molecule has 0 aliphatic rings. The fraction of sp³-hybridized carbons (Fsp3) is 1.00. The largest absolute Gasteiger partial charge is 0.415 e. The Morgan fingerprint density at radius 2 is 1.67 bits per heavy atom. The van der Waals surface area contributed by atoms with Crippen molar-refractivity contribution in [2.75, 3.05) is 6.61 Å². The molecule has 128 valence electrons. The predicted octanol–water partition coefficient (Wildman–Crippen LogP) is 4.62. The Morgan fingerprint density at radius 1 is 1.14 bits per heavy atom. The molecule has 0 amide bonds. The highest BCUT2D eigenvalue weighted by Crippen LogP contribution is 2.36. The molecule has 2 atom stereocenters. The van der Waals surface area contributed by atoms with E-state index in [9.17, 15) is 4.21 Å². The average Bonchev–Trinajstić information content (AvgIpc) is 2.29. The second-order valence-electron chi connectivity index (χ2n) is 8.41. The molecule has 0 saturated heterocycles. The first kappa shape index (κ1) is 21.3. The van der Waals surface area contributed by atoms with Gasteiger partial charge in [-0.25, -0.2) is 8.93 Å². The first-order valence-corrected chi connectivity index (χ1v) is 12.2. The van der Waals surface area contributed by atoms with Crippen molar-refractivity contribution in [3.05, 3.63) is 0 Å². The smallest absolute Gasteiger partial charge is 0.192 e. The lowest BCUT2D eigenvalue weighted by atomic mass is 10.1. The molecule has 0 aromatic rings. The van der Waals surface area contributed by atoms with Crippen molar-refractivity contribution in [2.24, 2.45) is 0 Å². The zero-order valence-electron chi connectivity index (χ0n) is 15.6. The highest BCUT2D eigenvalue weighted by atomic mass is 32.2. The van der Waals surface area contributed by atoms with Gasteiger partial charge in [-0.1, -0.05) is 40.5 Å². The Morgan fingerprint density at radius 3 is 2.05 bits per heavy atom. The first-order valence-electron chi connectivity index (χ1n) is 8.13. The highest BCUT2D eigenvalue weighted by molar-refractivity contribution is 7.84. The second kappa shape index (κ2) is 8.23. The van der Waals surface area contributed by atoms with Crippen LogP contribution >= 0.6 is 0 Å². The van der Waals surface area contributed by atoms with E-state index in [4.69, 9.17) is 4.43 Å². The Kier molecular flexibility index (Phi) is 8.34. The highest BCUT2D eigenvalue weighted by Gasteiger charge is 2.37. The summed E-state index contributed by atoms with van der Waals surface area (Å²) in [5.74, 6) is 0. The van der Waals surface area contributed by atoms with E-state index >= 15 is 0 Å². The molecular formula is C16H37NO2SSi. The molecule has 0 aliphatic carbocycles. The van der Waals surface area contributed by atoms with Crippen LogP contribution in [0.4, 0.5) is 0 Å². The lowest BCUT2D eigenvalue weighted by Crippen LogP contribution is -2.47. The van der Waals surface area contributed by atoms with E-state index in [-0.39, 0.29) is 15.8 Å². The Bertz CT molecular complexity index is 332. The Balaban J connectivity index is 4.68. The summed E-state index contributed by atoms with van der Waals surface area (Å²) in [7, 11) is -2.78. The van der Waals surface area contributed by atoms with Crippen molar-refractivity contribution < 1.29 is 8.63 Å². The monoisotopic (exact) mass is 335 g/mol. The number of nitrogens with one attached hydrogen (secondary N) is 1. The molecule has 3 nitrogen and oxygen atoms in total. The second-order valence-corrected chi connectivity index (χ2v) is 15.2. The van der Waals surface area contributed by atoms with Crippen LogP contribution in [0.3, 0.4) is 0 Å². The van der Waals surface area contributed by atoms with Gasteiger partial charge in [-0.15, -0.1) is 0 Å².